The summed E-state index contributed by atoms with van der Waals surface area (Å²) in [6, 6.07) is 9.45. The number of imidazole rings is 1. The molecular weight excluding hydrogens is 308 g/mol. The van der Waals surface area contributed by atoms with Gasteiger partial charge >= 0.3 is 5.69 Å². The van der Waals surface area contributed by atoms with E-state index >= 15 is 0 Å². The van der Waals surface area contributed by atoms with Crippen molar-refractivity contribution in [3.8, 4) is 0 Å². The Kier molecular flexibility index (Phi) is 2.87. The molecule has 2 heterocycles. The van der Waals surface area contributed by atoms with E-state index in [0.29, 0.717) is 0 Å². The number of rotatable bonds is 2. The summed E-state index contributed by atoms with van der Waals surface area (Å²) in [5, 5.41) is 3.21. The number of benzene rings is 1. The summed E-state index contributed by atoms with van der Waals surface area (Å²) in [7, 11) is 0. The molecule has 1 aromatic carbocycles. The molecule has 6 heteroatoms. The first-order valence-corrected chi connectivity index (χ1v) is 6.53. The van der Waals surface area contributed by atoms with Crippen LogP contribution in [0.4, 0.5) is 11.5 Å². The predicted octanol–water partition coefficient (Wildman–Crippen LogP) is 3.07. The number of fused-ring (bicyclic) bond motifs is 1. The molecule has 0 saturated heterocycles. The first kappa shape index (κ1) is 12.0. The molecule has 0 amide bonds. The summed E-state index contributed by atoms with van der Waals surface area (Å²) in [6.45, 7) is 1.93. The van der Waals surface area contributed by atoms with Gasteiger partial charge in [0.15, 0.2) is 0 Å². The first-order valence-electron chi connectivity index (χ1n) is 5.74. The number of halogens is 1. The Morgan fingerprint density at radius 3 is 2.74 bits per heavy atom. The van der Waals surface area contributed by atoms with Crippen LogP contribution in [0, 0.1) is 6.92 Å². The summed E-state index contributed by atoms with van der Waals surface area (Å²) < 4.78 is 0.975. The highest BCUT2D eigenvalue weighted by Gasteiger charge is 2.02. The normalized spacial score (nSPS) is 10.8. The van der Waals surface area contributed by atoms with Crippen molar-refractivity contribution in [1.82, 2.24) is 15.0 Å². The molecule has 5 nitrogen and oxygen atoms in total. The number of hydrogen-bond donors (Lipinski definition) is 3. The zero-order chi connectivity index (χ0) is 13.4. The van der Waals surface area contributed by atoms with Gasteiger partial charge in [0.1, 0.15) is 5.82 Å². The summed E-state index contributed by atoms with van der Waals surface area (Å²) in [5.41, 5.74) is 3.14. The number of anilines is 2. The lowest BCUT2D eigenvalue weighted by molar-refractivity contribution is 1.18. The molecule has 3 rings (SSSR count). The zero-order valence-electron chi connectivity index (χ0n) is 10.1. The van der Waals surface area contributed by atoms with Crippen LogP contribution in [0.25, 0.3) is 11.0 Å². The third-order valence-corrected chi connectivity index (χ3v) is 3.65. The van der Waals surface area contributed by atoms with Crippen LogP contribution in [-0.4, -0.2) is 15.0 Å². The SMILES string of the molecule is Cc1nc(Nc2ccc3[nH]c(=O)[nH]c3c2)ccc1Br. The van der Waals surface area contributed by atoms with Crippen LogP contribution in [0.5, 0.6) is 0 Å². The number of aryl methyl sites for hydroxylation is 1. The van der Waals surface area contributed by atoms with Crippen molar-refractivity contribution in [2.75, 3.05) is 5.32 Å². The van der Waals surface area contributed by atoms with Gasteiger partial charge in [-0.3, -0.25) is 0 Å². The van der Waals surface area contributed by atoms with Crippen molar-refractivity contribution in [3.63, 3.8) is 0 Å². The van der Waals surface area contributed by atoms with Gasteiger partial charge < -0.3 is 15.3 Å². The van der Waals surface area contributed by atoms with E-state index in [0.717, 1.165) is 32.7 Å². The van der Waals surface area contributed by atoms with Crippen LogP contribution < -0.4 is 11.0 Å². The third kappa shape index (κ3) is 2.39. The van der Waals surface area contributed by atoms with Gasteiger partial charge in [-0.05, 0) is 53.2 Å². The van der Waals surface area contributed by atoms with Crippen molar-refractivity contribution in [1.29, 1.82) is 0 Å². The fourth-order valence-electron chi connectivity index (χ4n) is 1.87. The largest absolute Gasteiger partial charge is 0.340 e. The fourth-order valence-corrected chi connectivity index (χ4v) is 2.09. The van der Waals surface area contributed by atoms with E-state index in [1.807, 2.05) is 37.3 Å². The minimum Gasteiger partial charge on any atom is -0.340 e. The number of H-pyrrole nitrogens is 2. The number of pyridine rings is 1. The summed E-state index contributed by atoms with van der Waals surface area (Å²) >= 11 is 3.42. The maximum Gasteiger partial charge on any atom is 0.323 e. The molecule has 19 heavy (non-hydrogen) atoms. The highest BCUT2D eigenvalue weighted by atomic mass is 79.9. The number of aromatic nitrogens is 3. The molecule has 0 aliphatic heterocycles. The third-order valence-electron chi connectivity index (χ3n) is 2.81. The average Bonchev–Trinajstić information content (AvgIpc) is 2.73. The van der Waals surface area contributed by atoms with Crippen molar-refractivity contribution in [2.24, 2.45) is 0 Å². The highest BCUT2D eigenvalue weighted by molar-refractivity contribution is 9.10. The molecule has 96 valence electrons. The van der Waals surface area contributed by atoms with Gasteiger partial charge in [-0.15, -0.1) is 0 Å². The summed E-state index contributed by atoms with van der Waals surface area (Å²) in [4.78, 5) is 21.0. The molecule has 3 N–H and O–H groups in total. The fraction of sp³-hybridized carbons (Fsp3) is 0.0769. The Hall–Kier alpha value is -2.08. The van der Waals surface area contributed by atoms with E-state index in [-0.39, 0.29) is 5.69 Å². The summed E-state index contributed by atoms with van der Waals surface area (Å²) in [5.74, 6) is 0.762. The Morgan fingerprint density at radius 2 is 1.95 bits per heavy atom. The van der Waals surface area contributed by atoms with Crippen LogP contribution >= 0.6 is 15.9 Å². The average molecular weight is 319 g/mol. The van der Waals surface area contributed by atoms with Crippen molar-refractivity contribution < 1.29 is 0 Å². The van der Waals surface area contributed by atoms with Crippen LogP contribution in [0.15, 0.2) is 39.6 Å². The minimum atomic E-state index is -0.204. The highest BCUT2D eigenvalue weighted by Crippen LogP contribution is 2.21. The van der Waals surface area contributed by atoms with Gasteiger partial charge in [0, 0.05) is 10.2 Å². The lowest BCUT2D eigenvalue weighted by Gasteiger charge is -2.07. The molecule has 0 aliphatic rings. The van der Waals surface area contributed by atoms with Gasteiger partial charge in [0.05, 0.1) is 16.7 Å². The number of nitrogens with zero attached hydrogens (tertiary/aromatic N) is 1. The molecule has 2 aromatic heterocycles. The molecule has 0 spiro atoms. The van der Waals surface area contributed by atoms with E-state index in [1.165, 1.54) is 0 Å². The molecule has 0 atom stereocenters. The second-order valence-electron chi connectivity index (χ2n) is 4.23. The Bertz CT molecular complexity index is 806. The van der Waals surface area contributed by atoms with Crippen LogP contribution in [-0.2, 0) is 0 Å². The van der Waals surface area contributed by atoms with Gasteiger partial charge in [0.25, 0.3) is 0 Å². The smallest absolute Gasteiger partial charge is 0.323 e. The molecule has 0 radical (unpaired) electrons. The topological polar surface area (TPSA) is 73.6 Å². The second-order valence-corrected chi connectivity index (χ2v) is 5.08. The standard InChI is InChI=1S/C13H11BrN4O/c1-7-9(14)3-5-12(15-7)16-8-2-4-10-11(6-8)18-13(19)17-10/h2-6H,1H3,(H,15,16)(H2,17,18,19). The van der Waals surface area contributed by atoms with Gasteiger partial charge in [-0.25, -0.2) is 9.78 Å². The molecule has 0 unspecified atom stereocenters. The maximum atomic E-state index is 11.2. The lowest BCUT2D eigenvalue weighted by atomic mass is 10.2. The first-order chi connectivity index (χ1) is 9.11. The predicted molar refractivity (Wildman–Crippen MR) is 78.9 cm³/mol. The van der Waals surface area contributed by atoms with Gasteiger partial charge in [-0.2, -0.15) is 0 Å². The van der Waals surface area contributed by atoms with E-state index in [4.69, 9.17) is 0 Å². The monoisotopic (exact) mass is 318 g/mol. The van der Waals surface area contributed by atoms with Crippen molar-refractivity contribution in [3.05, 3.63) is 51.0 Å². The quantitative estimate of drug-likeness (QED) is 0.680. The Labute approximate surface area is 117 Å². The van der Waals surface area contributed by atoms with Crippen LogP contribution in [0.2, 0.25) is 0 Å². The molecule has 0 aliphatic carbocycles. The van der Waals surface area contributed by atoms with E-state index in [1.54, 1.807) is 0 Å². The van der Waals surface area contributed by atoms with Gasteiger partial charge in [0.2, 0.25) is 0 Å². The maximum absolute atomic E-state index is 11.2. The van der Waals surface area contributed by atoms with Crippen LogP contribution in [0.3, 0.4) is 0 Å². The summed E-state index contributed by atoms with van der Waals surface area (Å²) in [6.07, 6.45) is 0. The number of aromatic amines is 2. The van der Waals surface area contributed by atoms with Crippen molar-refractivity contribution >= 4 is 38.5 Å². The lowest BCUT2D eigenvalue weighted by Crippen LogP contribution is -1.99. The van der Waals surface area contributed by atoms with E-state index < -0.39 is 0 Å². The Balaban J connectivity index is 1.95. The van der Waals surface area contributed by atoms with Crippen molar-refractivity contribution in [2.45, 2.75) is 6.92 Å². The van der Waals surface area contributed by atoms with E-state index in [9.17, 15) is 4.79 Å². The molecule has 0 fully saturated rings. The number of hydrogen-bond acceptors (Lipinski definition) is 3. The zero-order valence-corrected chi connectivity index (χ0v) is 11.7. The van der Waals surface area contributed by atoms with Gasteiger partial charge in [-0.1, -0.05) is 0 Å². The van der Waals surface area contributed by atoms with Crippen LogP contribution in [0.1, 0.15) is 5.69 Å². The molecule has 3 aromatic rings. The Morgan fingerprint density at radius 1 is 1.16 bits per heavy atom. The second kappa shape index (κ2) is 4.55. The molecule has 0 saturated carbocycles. The van der Waals surface area contributed by atoms with E-state index in [2.05, 4.69) is 36.2 Å². The minimum absolute atomic E-state index is 0.204. The number of nitrogens with one attached hydrogen (secondary N) is 3. The molecular formula is C13H11BrN4O. The molecule has 0 bridgehead atoms.